The number of hydrogen-bond donors (Lipinski definition) is 1. The third kappa shape index (κ3) is 5.32. The highest BCUT2D eigenvalue weighted by Crippen LogP contribution is 2.20. The van der Waals surface area contributed by atoms with E-state index in [1.54, 1.807) is 0 Å². The van der Waals surface area contributed by atoms with Crippen LogP contribution in [0.5, 0.6) is 0 Å². The Bertz CT molecular complexity index is 1010. The number of nitrogens with one attached hydrogen (secondary N) is 1. The summed E-state index contributed by atoms with van der Waals surface area (Å²) in [5.41, 5.74) is 4.59. The smallest absolute Gasteiger partial charge is 0.263 e. The van der Waals surface area contributed by atoms with Crippen LogP contribution in [0.3, 0.4) is 0 Å². The Morgan fingerprint density at radius 1 is 1.00 bits per heavy atom. The molecule has 0 atom stereocenters. The molecule has 2 aromatic carbocycles. The maximum absolute atomic E-state index is 12.7. The van der Waals surface area contributed by atoms with Crippen molar-refractivity contribution in [2.75, 3.05) is 31.1 Å². The molecule has 0 bridgehead atoms. The number of rotatable bonds is 7. The zero-order valence-corrected chi connectivity index (χ0v) is 19.1. The molecule has 1 N–H and O–H groups in total. The highest BCUT2D eigenvalue weighted by Gasteiger charge is 2.19. The summed E-state index contributed by atoms with van der Waals surface area (Å²) in [4.78, 5) is 22.8. The molecule has 1 aliphatic heterocycles. The number of thiazole rings is 1. The molecule has 3 aromatic rings. The first kappa shape index (κ1) is 21.5. The Morgan fingerprint density at radius 3 is 2.35 bits per heavy atom. The van der Waals surface area contributed by atoms with Crippen LogP contribution in [-0.2, 0) is 19.5 Å². The number of piperazine rings is 1. The number of para-hydroxylation sites is 1. The van der Waals surface area contributed by atoms with E-state index in [9.17, 15) is 4.79 Å². The van der Waals surface area contributed by atoms with Gasteiger partial charge in [0.1, 0.15) is 4.88 Å². The fourth-order valence-electron chi connectivity index (χ4n) is 4.00. The number of amides is 1. The molecular weight excluding hydrogens is 404 g/mol. The number of benzene rings is 2. The zero-order chi connectivity index (χ0) is 21.6. The van der Waals surface area contributed by atoms with E-state index in [0.717, 1.165) is 54.7 Å². The van der Waals surface area contributed by atoms with E-state index in [4.69, 9.17) is 0 Å². The van der Waals surface area contributed by atoms with Gasteiger partial charge < -0.3 is 10.2 Å². The van der Waals surface area contributed by atoms with E-state index in [1.807, 2.05) is 13.0 Å². The summed E-state index contributed by atoms with van der Waals surface area (Å²) in [5.74, 6) is -0.0269. The van der Waals surface area contributed by atoms with Gasteiger partial charge in [-0.3, -0.25) is 9.69 Å². The molecule has 2 heterocycles. The van der Waals surface area contributed by atoms with Crippen LogP contribution in [0.1, 0.15) is 38.4 Å². The largest absolute Gasteiger partial charge is 0.369 e. The molecular formula is C25H30N4OS. The molecule has 1 saturated heterocycles. The van der Waals surface area contributed by atoms with Gasteiger partial charge in [0.15, 0.2) is 0 Å². The average Bonchev–Trinajstić information content (AvgIpc) is 3.20. The van der Waals surface area contributed by atoms with Gasteiger partial charge in [-0.25, -0.2) is 4.98 Å². The topological polar surface area (TPSA) is 48.5 Å². The van der Waals surface area contributed by atoms with Crippen LogP contribution < -0.4 is 10.2 Å². The predicted molar refractivity (Wildman–Crippen MR) is 128 cm³/mol. The monoisotopic (exact) mass is 434 g/mol. The van der Waals surface area contributed by atoms with Gasteiger partial charge in [-0.1, -0.05) is 49.4 Å². The molecule has 31 heavy (non-hydrogen) atoms. The van der Waals surface area contributed by atoms with E-state index >= 15 is 0 Å². The first-order valence-corrected chi connectivity index (χ1v) is 11.8. The first-order valence-electron chi connectivity index (χ1n) is 11.0. The molecule has 0 saturated carbocycles. The van der Waals surface area contributed by atoms with Gasteiger partial charge in [0.2, 0.25) is 0 Å². The normalized spacial score (nSPS) is 14.6. The molecule has 4 rings (SSSR count). The molecule has 1 amide bonds. The van der Waals surface area contributed by atoms with Crippen molar-refractivity contribution in [2.24, 2.45) is 0 Å². The van der Waals surface area contributed by atoms with E-state index in [-0.39, 0.29) is 5.91 Å². The molecule has 1 fully saturated rings. The fraction of sp³-hybridized carbons (Fsp3) is 0.360. The van der Waals surface area contributed by atoms with Crippen molar-refractivity contribution < 1.29 is 4.79 Å². The van der Waals surface area contributed by atoms with Gasteiger partial charge >= 0.3 is 0 Å². The Kier molecular flexibility index (Phi) is 6.99. The van der Waals surface area contributed by atoms with Crippen molar-refractivity contribution >= 4 is 22.9 Å². The van der Waals surface area contributed by atoms with E-state index in [2.05, 4.69) is 75.6 Å². The zero-order valence-electron chi connectivity index (χ0n) is 18.3. The Balaban J connectivity index is 1.34. The van der Waals surface area contributed by atoms with E-state index < -0.39 is 0 Å². The minimum Gasteiger partial charge on any atom is -0.369 e. The second-order valence-corrected chi connectivity index (χ2v) is 9.01. The lowest BCUT2D eigenvalue weighted by Gasteiger charge is -2.36. The summed E-state index contributed by atoms with van der Waals surface area (Å²) in [6.07, 6.45) is 0.860. The number of hydrogen-bond acceptors (Lipinski definition) is 5. The molecule has 6 heteroatoms. The summed E-state index contributed by atoms with van der Waals surface area (Å²) < 4.78 is 0. The lowest BCUT2D eigenvalue weighted by atomic mass is 10.1. The fourth-order valence-corrected chi connectivity index (χ4v) is 4.92. The second kappa shape index (κ2) is 10.1. The molecule has 5 nitrogen and oxygen atoms in total. The van der Waals surface area contributed by atoms with Gasteiger partial charge in [-0.05, 0) is 36.6 Å². The van der Waals surface area contributed by atoms with Crippen LogP contribution in [0.2, 0.25) is 0 Å². The summed E-state index contributed by atoms with van der Waals surface area (Å²) in [6, 6.07) is 19.1. The van der Waals surface area contributed by atoms with Crippen molar-refractivity contribution in [3.63, 3.8) is 0 Å². The number of carbonyl (C=O) groups is 1. The van der Waals surface area contributed by atoms with Crippen molar-refractivity contribution in [3.05, 3.63) is 81.3 Å². The minimum atomic E-state index is -0.0269. The lowest BCUT2D eigenvalue weighted by Crippen LogP contribution is -2.46. The van der Waals surface area contributed by atoms with Gasteiger partial charge in [0.25, 0.3) is 5.91 Å². The third-order valence-electron chi connectivity index (χ3n) is 5.79. The van der Waals surface area contributed by atoms with Gasteiger partial charge in [-0.2, -0.15) is 0 Å². The maximum atomic E-state index is 12.7. The molecule has 1 aliphatic rings. The summed E-state index contributed by atoms with van der Waals surface area (Å²) in [6.45, 7) is 9.57. The Hall–Kier alpha value is -2.70. The van der Waals surface area contributed by atoms with Gasteiger partial charge in [0, 0.05) is 45.0 Å². The van der Waals surface area contributed by atoms with Crippen LogP contribution in [0.25, 0.3) is 0 Å². The molecule has 0 radical (unpaired) electrons. The summed E-state index contributed by atoms with van der Waals surface area (Å²) in [5, 5.41) is 4.12. The predicted octanol–water partition coefficient (Wildman–Crippen LogP) is 4.27. The van der Waals surface area contributed by atoms with Crippen LogP contribution >= 0.6 is 11.3 Å². The highest BCUT2D eigenvalue weighted by atomic mass is 32.1. The average molecular weight is 435 g/mol. The Morgan fingerprint density at radius 2 is 1.68 bits per heavy atom. The van der Waals surface area contributed by atoms with Gasteiger partial charge in [0.05, 0.1) is 10.7 Å². The maximum Gasteiger partial charge on any atom is 0.263 e. The van der Waals surface area contributed by atoms with Crippen molar-refractivity contribution in [1.82, 2.24) is 15.2 Å². The van der Waals surface area contributed by atoms with E-state index in [0.29, 0.717) is 6.54 Å². The quantitative estimate of drug-likeness (QED) is 0.603. The van der Waals surface area contributed by atoms with Gasteiger partial charge in [-0.15, -0.1) is 11.3 Å². The molecule has 0 unspecified atom stereocenters. The molecule has 1 aromatic heterocycles. The summed E-state index contributed by atoms with van der Waals surface area (Å²) in [7, 11) is 0. The second-order valence-electron chi connectivity index (χ2n) is 7.93. The first-order chi connectivity index (χ1) is 15.1. The SMILES string of the molecule is CCc1nc(C)c(C(=O)NCc2ccccc2CN2CCN(c3ccccc3)CC2)s1. The third-order valence-corrected chi connectivity index (χ3v) is 7.10. The molecule has 0 aliphatic carbocycles. The number of aryl methyl sites for hydroxylation is 2. The Labute approximate surface area is 188 Å². The number of anilines is 1. The standard InChI is InChI=1S/C25H30N4OS/c1-3-23-27-19(2)24(31-23)25(30)26-17-20-9-7-8-10-21(20)18-28-13-15-29(16-14-28)22-11-5-4-6-12-22/h4-12H,3,13-18H2,1-2H3,(H,26,30). The highest BCUT2D eigenvalue weighted by molar-refractivity contribution is 7.13. The van der Waals surface area contributed by atoms with Crippen molar-refractivity contribution in [3.8, 4) is 0 Å². The van der Waals surface area contributed by atoms with Crippen molar-refractivity contribution in [2.45, 2.75) is 33.4 Å². The lowest BCUT2D eigenvalue weighted by molar-refractivity contribution is 0.0954. The van der Waals surface area contributed by atoms with Crippen LogP contribution in [-0.4, -0.2) is 42.0 Å². The molecule has 0 spiro atoms. The number of aromatic nitrogens is 1. The number of nitrogens with zero attached hydrogens (tertiary/aromatic N) is 3. The van der Waals surface area contributed by atoms with Crippen LogP contribution in [0.4, 0.5) is 5.69 Å². The molecule has 162 valence electrons. The van der Waals surface area contributed by atoms with E-state index in [1.165, 1.54) is 28.2 Å². The van der Waals surface area contributed by atoms with Crippen molar-refractivity contribution in [1.29, 1.82) is 0 Å². The van der Waals surface area contributed by atoms with Crippen LogP contribution in [0.15, 0.2) is 54.6 Å². The van der Waals surface area contributed by atoms with Crippen LogP contribution in [0, 0.1) is 6.92 Å². The minimum absolute atomic E-state index is 0.0269. The summed E-state index contributed by atoms with van der Waals surface area (Å²) >= 11 is 1.50. The number of carbonyl (C=O) groups excluding carboxylic acids is 1.